The summed E-state index contributed by atoms with van der Waals surface area (Å²) in [6.07, 6.45) is 0. The molecule has 2 rings (SSSR count). The molecule has 106 valence electrons. The fourth-order valence-electron chi connectivity index (χ4n) is 2.40. The highest BCUT2D eigenvalue weighted by Gasteiger charge is 2.20. The summed E-state index contributed by atoms with van der Waals surface area (Å²) in [5, 5.41) is 3.50. The first-order valence-corrected chi connectivity index (χ1v) is 6.81. The van der Waals surface area contributed by atoms with E-state index in [-0.39, 0.29) is 6.04 Å². The number of para-hydroxylation sites is 2. The lowest BCUT2D eigenvalue weighted by molar-refractivity contribution is 0.394. The van der Waals surface area contributed by atoms with E-state index in [1.54, 1.807) is 14.2 Å². The van der Waals surface area contributed by atoms with Crippen molar-refractivity contribution in [2.24, 2.45) is 0 Å². The smallest absolute Gasteiger partial charge is 0.123 e. The molecule has 0 saturated carbocycles. The molecule has 0 unspecified atom stereocenters. The number of nitrogens with one attached hydrogen (secondary N) is 1. The van der Waals surface area contributed by atoms with E-state index in [2.05, 4.69) is 24.4 Å². The standard InChI is InChI=1S/C17H21NO2/c1-4-18-17(13-9-5-7-11-15(13)19-2)14-10-6-8-12-16(14)20-3/h5-12,17-18H,4H2,1-3H3. The highest BCUT2D eigenvalue weighted by atomic mass is 16.5. The molecule has 0 bridgehead atoms. The first-order chi connectivity index (χ1) is 9.81. The van der Waals surface area contributed by atoms with Gasteiger partial charge in [-0.1, -0.05) is 43.3 Å². The number of hydrogen-bond acceptors (Lipinski definition) is 3. The van der Waals surface area contributed by atoms with Crippen LogP contribution in [-0.4, -0.2) is 20.8 Å². The van der Waals surface area contributed by atoms with Crippen LogP contribution in [0.3, 0.4) is 0 Å². The summed E-state index contributed by atoms with van der Waals surface area (Å²) in [5.41, 5.74) is 2.22. The van der Waals surface area contributed by atoms with E-state index in [1.165, 1.54) is 0 Å². The van der Waals surface area contributed by atoms with Crippen molar-refractivity contribution in [3.05, 3.63) is 59.7 Å². The van der Waals surface area contributed by atoms with E-state index in [9.17, 15) is 0 Å². The topological polar surface area (TPSA) is 30.5 Å². The molecular formula is C17H21NO2. The van der Waals surface area contributed by atoms with Gasteiger partial charge in [0.05, 0.1) is 20.3 Å². The molecule has 0 aliphatic carbocycles. The SMILES string of the molecule is CCNC(c1ccccc1OC)c1ccccc1OC. The highest BCUT2D eigenvalue weighted by Crippen LogP contribution is 2.34. The van der Waals surface area contributed by atoms with Crippen molar-refractivity contribution in [2.75, 3.05) is 20.8 Å². The summed E-state index contributed by atoms with van der Waals surface area (Å²) in [5.74, 6) is 1.76. The normalized spacial score (nSPS) is 10.6. The first kappa shape index (κ1) is 14.4. The van der Waals surface area contributed by atoms with Crippen molar-refractivity contribution in [1.29, 1.82) is 0 Å². The maximum atomic E-state index is 5.49. The Morgan fingerprint density at radius 2 is 1.30 bits per heavy atom. The van der Waals surface area contributed by atoms with Crippen LogP contribution in [0.4, 0.5) is 0 Å². The maximum Gasteiger partial charge on any atom is 0.123 e. The van der Waals surface area contributed by atoms with Crippen molar-refractivity contribution in [3.8, 4) is 11.5 Å². The minimum Gasteiger partial charge on any atom is -0.496 e. The maximum absolute atomic E-state index is 5.49. The van der Waals surface area contributed by atoms with E-state index >= 15 is 0 Å². The van der Waals surface area contributed by atoms with Crippen molar-refractivity contribution >= 4 is 0 Å². The van der Waals surface area contributed by atoms with Gasteiger partial charge >= 0.3 is 0 Å². The van der Waals surface area contributed by atoms with Crippen molar-refractivity contribution in [2.45, 2.75) is 13.0 Å². The lowest BCUT2D eigenvalue weighted by atomic mass is 9.97. The van der Waals surface area contributed by atoms with Gasteiger partial charge in [-0.25, -0.2) is 0 Å². The molecule has 2 aromatic rings. The van der Waals surface area contributed by atoms with Crippen LogP contribution >= 0.6 is 0 Å². The molecule has 0 heterocycles. The minimum atomic E-state index is 0.0484. The van der Waals surface area contributed by atoms with E-state index < -0.39 is 0 Å². The van der Waals surface area contributed by atoms with Crippen LogP contribution in [-0.2, 0) is 0 Å². The average Bonchev–Trinajstić information content (AvgIpc) is 2.52. The Bertz CT molecular complexity index is 507. The Hall–Kier alpha value is -2.00. The second-order valence-electron chi connectivity index (χ2n) is 4.47. The quantitative estimate of drug-likeness (QED) is 0.873. The van der Waals surface area contributed by atoms with Gasteiger partial charge in [-0.05, 0) is 18.7 Å². The molecule has 0 aromatic heterocycles. The van der Waals surface area contributed by atoms with Crippen LogP contribution in [0.1, 0.15) is 24.1 Å². The number of rotatable bonds is 6. The van der Waals surface area contributed by atoms with Gasteiger partial charge in [-0.2, -0.15) is 0 Å². The van der Waals surface area contributed by atoms with Crippen LogP contribution in [0.15, 0.2) is 48.5 Å². The minimum absolute atomic E-state index is 0.0484. The van der Waals surface area contributed by atoms with Gasteiger partial charge in [0.1, 0.15) is 11.5 Å². The van der Waals surface area contributed by atoms with E-state index in [4.69, 9.17) is 9.47 Å². The number of benzene rings is 2. The third-order valence-corrected chi connectivity index (χ3v) is 3.31. The van der Waals surface area contributed by atoms with Gasteiger partial charge in [0.25, 0.3) is 0 Å². The predicted octanol–water partition coefficient (Wildman–Crippen LogP) is 3.40. The van der Waals surface area contributed by atoms with Crippen LogP contribution in [0.5, 0.6) is 11.5 Å². The van der Waals surface area contributed by atoms with Gasteiger partial charge in [0.2, 0.25) is 0 Å². The van der Waals surface area contributed by atoms with Gasteiger partial charge in [-0.3, -0.25) is 0 Å². The largest absolute Gasteiger partial charge is 0.496 e. The average molecular weight is 271 g/mol. The molecular weight excluding hydrogens is 250 g/mol. The summed E-state index contributed by atoms with van der Waals surface area (Å²) >= 11 is 0. The highest BCUT2D eigenvalue weighted by molar-refractivity contribution is 5.46. The molecule has 0 aliphatic rings. The zero-order valence-electron chi connectivity index (χ0n) is 12.2. The summed E-state index contributed by atoms with van der Waals surface area (Å²) in [7, 11) is 3.40. The molecule has 1 N–H and O–H groups in total. The molecule has 0 fully saturated rings. The summed E-state index contributed by atoms with van der Waals surface area (Å²) in [6.45, 7) is 2.96. The molecule has 0 saturated heterocycles. The predicted molar refractivity (Wildman–Crippen MR) is 81.5 cm³/mol. The Labute approximate surface area is 120 Å². The van der Waals surface area contributed by atoms with Crippen LogP contribution in [0, 0.1) is 0 Å². The van der Waals surface area contributed by atoms with E-state index in [0.717, 1.165) is 29.2 Å². The van der Waals surface area contributed by atoms with Crippen LogP contribution in [0.2, 0.25) is 0 Å². The van der Waals surface area contributed by atoms with Crippen LogP contribution in [0.25, 0.3) is 0 Å². The Balaban J connectivity index is 2.50. The molecule has 2 aromatic carbocycles. The lowest BCUT2D eigenvalue weighted by Gasteiger charge is -2.23. The monoisotopic (exact) mass is 271 g/mol. The molecule has 0 atom stereocenters. The molecule has 0 spiro atoms. The number of ether oxygens (including phenoxy) is 2. The Kier molecular flexibility index (Phi) is 5.02. The zero-order chi connectivity index (χ0) is 14.4. The van der Waals surface area contributed by atoms with Crippen molar-refractivity contribution in [1.82, 2.24) is 5.32 Å². The molecule has 0 radical (unpaired) electrons. The Morgan fingerprint density at radius 1 is 0.850 bits per heavy atom. The van der Waals surface area contributed by atoms with Crippen molar-refractivity contribution in [3.63, 3.8) is 0 Å². The summed E-state index contributed by atoms with van der Waals surface area (Å²) in [6, 6.07) is 16.2. The second-order valence-corrected chi connectivity index (χ2v) is 4.47. The van der Waals surface area contributed by atoms with Gasteiger partial charge < -0.3 is 14.8 Å². The molecule has 3 nitrogen and oxygen atoms in total. The molecule has 0 amide bonds. The number of methoxy groups -OCH3 is 2. The summed E-state index contributed by atoms with van der Waals surface area (Å²) < 4.78 is 11.0. The molecule has 0 aliphatic heterocycles. The fraction of sp³-hybridized carbons (Fsp3) is 0.294. The number of hydrogen-bond donors (Lipinski definition) is 1. The van der Waals surface area contributed by atoms with Crippen molar-refractivity contribution < 1.29 is 9.47 Å². The zero-order valence-corrected chi connectivity index (χ0v) is 12.2. The first-order valence-electron chi connectivity index (χ1n) is 6.81. The van der Waals surface area contributed by atoms with E-state index in [1.807, 2.05) is 36.4 Å². The fourth-order valence-corrected chi connectivity index (χ4v) is 2.40. The van der Waals surface area contributed by atoms with Gasteiger partial charge in [0, 0.05) is 11.1 Å². The van der Waals surface area contributed by atoms with Gasteiger partial charge in [0.15, 0.2) is 0 Å². The summed E-state index contributed by atoms with van der Waals surface area (Å²) in [4.78, 5) is 0. The molecule has 3 heteroatoms. The van der Waals surface area contributed by atoms with Crippen LogP contribution < -0.4 is 14.8 Å². The third kappa shape index (κ3) is 2.94. The second kappa shape index (κ2) is 6.96. The Morgan fingerprint density at radius 3 is 1.70 bits per heavy atom. The molecule has 20 heavy (non-hydrogen) atoms. The van der Waals surface area contributed by atoms with E-state index in [0.29, 0.717) is 0 Å². The lowest BCUT2D eigenvalue weighted by Crippen LogP contribution is -2.23. The third-order valence-electron chi connectivity index (χ3n) is 3.31. The van der Waals surface area contributed by atoms with Gasteiger partial charge in [-0.15, -0.1) is 0 Å².